The van der Waals surface area contributed by atoms with Crippen LogP contribution >= 0.6 is 0 Å². The normalized spacial score (nSPS) is 10.8. The Morgan fingerprint density at radius 3 is 2.08 bits per heavy atom. The molecule has 0 fully saturated rings. The maximum atomic E-state index is 12.5. The van der Waals surface area contributed by atoms with E-state index in [2.05, 4.69) is 61.3 Å². The van der Waals surface area contributed by atoms with Crippen molar-refractivity contribution in [2.24, 2.45) is 0 Å². The number of nitrogens with one attached hydrogen (secondary N) is 1. The summed E-state index contributed by atoms with van der Waals surface area (Å²) < 4.78 is 0. The second-order valence-corrected chi connectivity index (χ2v) is 6.67. The number of carbonyl (C=O) groups is 1. The molecule has 0 aliphatic heterocycles. The van der Waals surface area contributed by atoms with E-state index in [-0.39, 0.29) is 6.03 Å². The minimum absolute atomic E-state index is 0.0501. The van der Waals surface area contributed by atoms with Gasteiger partial charge in [0.2, 0.25) is 0 Å². The summed E-state index contributed by atoms with van der Waals surface area (Å²) in [5, 5.41) is 3.06. The number of aryl methyl sites for hydroxylation is 1. The van der Waals surface area contributed by atoms with Crippen molar-refractivity contribution in [3.63, 3.8) is 0 Å². The first-order valence-electron chi connectivity index (χ1n) is 9.37. The second-order valence-electron chi connectivity index (χ2n) is 6.67. The minimum Gasteiger partial charge on any atom is -0.334 e. The van der Waals surface area contributed by atoms with Crippen LogP contribution in [-0.2, 0) is 19.6 Å². The molecule has 0 unspecified atom stereocenters. The molecule has 2 rings (SSSR count). The van der Waals surface area contributed by atoms with Crippen LogP contribution in [0.2, 0.25) is 0 Å². The van der Waals surface area contributed by atoms with Crippen LogP contribution in [0.4, 0.5) is 4.79 Å². The molecule has 0 aliphatic rings. The lowest BCUT2D eigenvalue weighted by atomic mass is 10.1. The van der Waals surface area contributed by atoms with E-state index >= 15 is 0 Å². The quantitative estimate of drug-likeness (QED) is 0.773. The predicted octanol–water partition coefficient (Wildman–Crippen LogP) is 4.18. The molecule has 0 radical (unpaired) electrons. The van der Waals surface area contributed by atoms with E-state index in [0.29, 0.717) is 13.1 Å². The molecule has 0 spiro atoms. The predicted molar refractivity (Wildman–Crippen MR) is 108 cm³/mol. The molecule has 26 heavy (non-hydrogen) atoms. The van der Waals surface area contributed by atoms with Gasteiger partial charge in [-0.3, -0.25) is 4.90 Å². The SMILES string of the molecule is CCN(CC)Cc1ccccc1CNC(=O)N(C)Cc1ccccc1C. The van der Waals surface area contributed by atoms with Gasteiger partial charge in [0.25, 0.3) is 0 Å². The molecule has 2 aromatic rings. The summed E-state index contributed by atoms with van der Waals surface area (Å²) in [6.45, 7) is 10.5. The van der Waals surface area contributed by atoms with E-state index in [9.17, 15) is 4.79 Å². The molecule has 0 saturated heterocycles. The van der Waals surface area contributed by atoms with Gasteiger partial charge in [-0.25, -0.2) is 4.79 Å². The number of hydrogen-bond donors (Lipinski definition) is 1. The van der Waals surface area contributed by atoms with Crippen LogP contribution in [-0.4, -0.2) is 36.0 Å². The molecule has 4 heteroatoms. The second kappa shape index (κ2) is 9.97. The Morgan fingerprint density at radius 1 is 0.885 bits per heavy atom. The van der Waals surface area contributed by atoms with Gasteiger partial charge in [-0.15, -0.1) is 0 Å². The number of urea groups is 1. The number of benzene rings is 2. The molecule has 0 saturated carbocycles. The smallest absolute Gasteiger partial charge is 0.317 e. The fourth-order valence-corrected chi connectivity index (χ4v) is 2.99. The molecule has 0 aromatic heterocycles. The summed E-state index contributed by atoms with van der Waals surface area (Å²) in [5.41, 5.74) is 4.83. The van der Waals surface area contributed by atoms with Gasteiger partial charge in [-0.05, 0) is 42.3 Å². The van der Waals surface area contributed by atoms with Crippen LogP contribution in [0, 0.1) is 6.92 Å². The molecule has 1 N–H and O–H groups in total. The zero-order valence-electron chi connectivity index (χ0n) is 16.5. The summed E-state index contributed by atoms with van der Waals surface area (Å²) in [6, 6.07) is 16.5. The highest BCUT2D eigenvalue weighted by Crippen LogP contribution is 2.13. The van der Waals surface area contributed by atoms with Gasteiger partial charge in [-0.1, -0.05) is 62.4 Å². The van der Waals surface area contributed by atoms with Crippen molar-refractivity contribution in [2.75, 3.05) is 20.1 Å². The molecule has 0 atom stereocenters. The minimum atomic E-state index is -0.0501. The van der Waals surface area contributed by atoms with Gasteiger partial charge in [0.1, 0.15) is 0 Å². The van der Waals surface area contributed by atoms with E-state index in [1.165, 1.54) is 22.3 Å². The van der Waals surface area contributed by atoms with Crippen molar-refractivity contribution in [1.29, 1.82) is 0 Å². The van der Waals surface area contributed by atoms with Gasteiger partial charge in [0.05, 0.1) is 0 Å². The Morgan fingerprint density at radius 2 is 1.46 bits per heavy atom. The third-order valence-electron chi connectivity index (χ3n) is 4.85. The lowest BCUT2D eigenvalue weighted by Gasteiger charge is -2.22. The van der Waals surface area contributed by atoms with Crippen molar-refractivity contribution in [3.8, 4) is 0 Å². The number of nitrogens with zero attached hydrogens (tertiary/aromatic N) is 2. The first-order chi connectivity index (χ1) is 12.5. The number of amides is 2. The maximum Gasteiger partial charge on any atom is 0.317 e. The first-order valence-corrected chi connectivity index (χ1v) is 9.37. The van der Waals surface area contributed by atoms with E-state index in [1.54, 1.807) is 4.90 Å². The standard InChI is InChI=1S/C22H31N3O/c1-5-25(6-2)17-21-14-10-9-12-19(21)15-23-22(26)24(4)16-20-13-8-7-11-18(20)3/h7-14H,5-6,15-17H2,1-4H3,(H,23,26). The average molecular weight is 354 g/mol. The topological polar surface area (TPSA) is 35.6 Å². The summed E-state index contributed by atoms with van der Waals surface area (Å²) in [6.07, 6.45) is 0. The first kappa shape index (κ1) is 20.0. The van der Waals surface area contributed by atoms with Crippen LogP contribution in [0.5, 0.6) is 0 Å². The molecule has 4 nitrogen and oxygen atoms in total. The third-order valence-corrected chi connectivity index (χ3v) is 4.85. The zero-order valence-corrected chi connectivity index (χ0v) is 16.5. The number of hydrogen-bond acceptors (Lipinski definition) is 2. The summed E-state index contributed by atoms with van der Waals surface area (Å²) in [4.78, 5) is 16.6. The van der Waals surface area contributed by atoms with Gasteiger partial charge in [0, 0.05) is 26.7 Å². The van der Waals surface area contributed by atoms with Gasteiger partial charge in [0.15, 0.2) is 0 Å². The largest absolute Gasteiger partial charge is 0.334 e. The van der Waals surface area contributed by atoms with Gasteiger partial charge < -0.3 is 10.2 Å². The molecule has 0 bridgehead atoms. The van der Waals surface area contributed by atoms with Crippen molar-refractivity contribution in [2.45, 2.75) is 40.4 Å². The molecule has 2 amide bonds. The van der Waals surface area contributed by atoms with Crippen LogP contribution in [0.15, 0.2) is 48.5 Å². The highest BCUT2D eigenvalue weighted by Gasteiger charge is 2.11. The lowest BCUT2D eigenvalue weighted by molar-refractivity contribution is 0.206. The molecule has 0 aliphatic carbocycles. The van der Waals surface area contributed by atoms with Gasteiger partial charge >= 0.3 is 6.03 Å². The highest BCUT2D eigenvalue weighted by atomic mass is 16.2. The van der Waals surface area contributed by atoms with Crippen molar-refractivity contribution in [3.05, 3.63) is 70.8 Å². The van der Waals surface area contributed by atoms with Crippen LogP contribution in [0.25, 0.3) is 0 Å². The Balaban J connectivity index is 1.95. The molecule has 140 valence electrons. The van der Waals surface area contributed by atoms with Crippen molar-refractivity contribution < 1.29 is 4.79 Å². The summed E-state index contributed by atoms with van der Waals surface area (Å²) >= 11 is 0. The maximum absolute atomic E-state index is 12.5. The highest BCUT2D eigenvalue weighted by molar-refractivity contribution is 5.73. The summed E-state index contributed by atoms with van der Waals surface area (Å²) in [5.74, 6) is 0. The Hall–Kier alpha value is -2.33. The Bertz CT molecular complexity index is 710. The zero-order chi connectivity index (χ0) is 18.9. The van der Waals surface area contributed by atoms with Crippen LogP contribution < -0.4 is 5.32 Å². The van der Waals surface area contributed by atoms with Crippen molar-refractivity contribution in [1.82, 2.24) is 15.1 Å². The van der Waals surface area contributed by atoms with Crippen molar-refractivity contribution >= 4 is 6.03 Å². The fraction of sp³-hybridized carbons (Fsp3) is 0.409. The third kappa shape index (κ3) is 5.60. The molecular weight excluding hydrogens is 322 g/mol. The monoisotopic (exact) mass is 353 g/mol. The Labute approximate surface area is 157 Å². The van der Waals surface area contributed by atoms with E-state index in [0.717, 1.165) is 19.6 Å². The summed E-state index contributed by atoms with van der Waals surface area (Å²) in [7, 11) is 1.84. The van der Waals surface area contributed by atoms with Gasteiger partial charge in [-0.2, -0.15) is 0 Å². The molecular formula is C22H31N3O. The van der Waals surface area contributed by atoms with Crippen LogP contribution in [0.1, 0.15) is 36.1 Å². The molecule has 0 heterocycles. The number of carbonyl (C=O) groups excluding carboxylic acids is 1. The lowest BCUT2D eigenvalue weighted by Crippen LogP contribution is -2.36. The van der Waals surface area contributed by atoms with Crippen LogP contribution in [0.3, 0.4) is 0 Å². The van der Waals surface area contributed by atoms with E-state index in [1.807, 2.05) is 25.2 Å². The molecule has 2 aromatic carbocycles. The fourth-order valence-electron chi connectivity index (χ4n) is 2.99. The average Bonchev–Trinajstić information content (AvgIpc) is 2.66. The Kier molecular flexibility index (Phi) is 7.67. The van der Waals surface area contributed by atoms with E-state index < -0.39 is 0 Å². The number of rotatable bonds is 8. The van der Waals surface area contributed by atoms with E-state index in [4.69, 9.17) is 0 Å².